The second kappa shape index (κ2) is 11.1. The van der Waals surface area contributed by atoms with Gasteiger partial charge in [-0.3, -0.25) is 19.3 Å². The molecule has 2 heterocycles. The van der Waals surface area contributed by atoms with E-state index in [-0.39, 0.29) is 30.7 Å². The standard InChI is InChI=1S/C24H27Cl2N5O3/c25-17-5-7-18(8-6-17)30-13-11-29(12-14-30)16-23(33)31-10-9-27-24(34)21(31)15-22(32)28-20-4-2-1-3-19(20)26/h1-8,21H,9-16H2,(H,27,34)(H,28,32)/t21-/m1/s1. The highest BCUT2D eigenvalue weighted by atomic mass is 35.5. The molecule has 8 nitrogen and oxygen atoms in total. The molecule has 10 heteroatoms. The minimum absolute atomic E-state index is 0.132. The summed E-state index contributed by atoms with van der Waals surface area (Å²) in [7, 11) is 0. The van der Waals surface area contributed by atoms with Crippen molar-refractivity contribution >= 4 is 52.3 Å². The van der Waals surface area contributed by atoms with Gasteiger partial charge >= 0.3 is 0 Å². The first-order chi connectivity index (χ1) is 16.4. The summed E-state index contributed by atoms with van der Waals surface area (Å²) in [5.74, 6) is -0.837. The zero-order chi connectivity index (χ0) is 24.1. The normalized spacial score (nSPS) is 19.0. The third-order valence-electron chi connectivity index (χ3n) is 6.10. The maximum Gasteiger partial charge on any atom is 0.243 e. The maximum atomic E-state index is 13.1. The van der Waals surface area contributed by atoms with Crippen LogP contribution >= 0.6 is 23.2 Å². The molecule has 4 rings (SSSR count). The van der Waals surface area contributed by atoms with Crippen LogP contribution in [-0.4, -0.2) is 79.4 Å². The largest absolute Gasteiger partial charge is 0.369 e. The monoisotopic (exact) mass is 503 g/mol. The van der Waals surface area contributed by atoms with Crippen molar-refractivity contribution in [3.8, 4) is 0 Å². The lowest BCUT2D eigenvalue weighted by Gasteiger charge is -2.39. The summed E-state index contributed by atoms with van der Waals surface area (Å²) in [6, 6.07) is 13.8. The molecule has 2 aromatic rings. The van der Waals surface area contributed by atoms with Crippen LogP contribution in [0.3, 0.4) is 0 Å². The Morgan fingerprint density at radius 3 is 2.38 bits per heavy atom. The van der Waals surface area contributed by atoms with Gasteiger partial charge in [-0.1, -0.05) is 35.3 Å². The van der Waals surface area contributed by atoms with Gasteiger partial charge in [0.2, 0.25) is 17.7 Å². The number of rotatable bonds is 6. The van der Waals surface area contributed by atoms with E-state index in [2.05, 4.69) is 20.4 Å². The Balaban J connectivity index is 1.32. The van der Waals surface area contributed by atoms with Crippen molar-refractivity contribution in [3.05, 3.63) is 58.6 Å². The lowest BCUT2D eigenvalue weighted by Crippen LogP contribution is -2.60. The molecule has 2 saturated heterocycles. The number of nitrogens with zero attached hydrogens (tertiary/aromatic N) is 3. The lowest BCUT2D eigenvalue weighted by molar-refractivity contribution is -0.145. The summed E-state index contributed by atoms with van der Waals surface area (Å²) in [4.78, 5) is 44.2. The molecule has 2 fully saturated rings. The topological polar surface area (TPSA) is 85.0 Å². The molecule has 0 bridgehead atoms. The molecule has 1 atom stereocenters. The molecule has 34 heavy (non-hydrogen) atoms. The summed E-state index contributed by atoms with van der Waals surface area (Å²) in [5, 5.41) is 6.60. The van der Waals surface area contributed by atoms with E-state index in [9.17, 15) is 14.4 Å². The van der Waals surface area contributed by atoms with Gasteiger partial charge in [0.1, 0.15) is 6.04 Å². The number of piperazine rings is 2. The number of amides is 3. The van der Waals surface area contributed by atoms with Crippen molar-refractivity contribution in [2.45, 2.75) is 12.5 Å². The Hall–Kier alpha value is -2.81. The number of halogens is 2. The molecule has 2 aliphatic rings. The van der Waals surface area contributed by atoms with Crippen LogP contribution in [0.4, 0.5) is 11.4 Å². The Bertz CT molecular complexity index is 1040. The average molecular weight is 504 g/mol. The van der Waals surface area contributed by atoms with Gasteiger partial charge in [0, 0.05) is 50.0 Å². The molecule has 2 aromatic carbocycles. The molecule has 0 unspecified atom stereocenters. The van der Waals surface area contributed by atoms with Crippen LogP contribution in [0.2, 0.25) is 10.0 Å². The minimum Gasteiger partial charge on any atom is -0.369 e. The number of para-hydroxylation sites is 1. The Morgan fingerprint density at radius 1 is 0.971 bits per heavy atom. The number of benzene rings is 2. The molecule has 0 spiro atoms. The molecule has 0 saturated carbocycles. The second-order valence-electron chi connectivity index (χ2n) is 8.37. The van der Waals surface area contributed by atoms with E-state index in [1.807, 2.05) is 24.3 Å². The van der Waals surface area contributed by atoms with Gasteiger partial charge in [-0.15, -0.1) is 0 Å². The number of anilines is 2. The van der Waals surface area contributed by atoms with Crippen molar-refractivity contribution in [1.82, 2.24) is 15.1 Å². The third-order valence-corrected chi connectivity index (χ3v) is 6.68. The number of carbonyl (C=O) groups excluding carboxylic acids is 3. The molecule has 0 aliphatic carbocycles. The van der Waals surface area contributed by atoms with E-state index in [1.165, 1.54) is 4.90 Å². The van der Waals surface area contributed by atoms with Gasteiger partial charge in [0.15, 0.2) is 0 Å². The zero-order valence-electron chi connectivity index (χ0n) is 18.7. The SMILES string of the molecule is O=C(C[C@@H]1C(=O)NCCN1C(=O)CN1CCN(c2ccc(Cl)cc2)CC1)Nc1ccccc1Cl. The third kappa shape index (κ3) is 6.00. The number of hydrogen-bond donors (Lipinski definition) is 2. The van der Waals surface area contributed by atoms with Crippen molar-refractivity contribution in [1.29, 1.82) is 0 Å². The van der Waals surface area contributed by atoms with Crippen LogP contribution in [0.15, 0.2) is 48.5 Å². The fourth-order valence-corrected chi connectivity index (χ4v) is 4.56. The predicted molar refractivity (Wildman–Crippen MR) is 133 cm³/mol. The average Bonchev–Trinajstić information content (AvgIpc) is 2.83. The van der Waals surface area contributed by atoms with Crippen LogP contribution in [0, 0.1) is 0 Å². The van der Waals surface area contributed by atoms with Crippen LogP contribution in [0.5, 0.6) is 0 Å². The number of carbonyl (C=O) groups is 3. The molecule has 2 N–H and O–H groups in total. The van der Waals surface area contributed by atoms with Crippen molar-refractivity contribution in [2.24, 2.45) is 0 Å². The van der Waals surface area contributed by atoms with Crippen LogP contribution in [0.25, 0.3) is 0 Å². The first-order valence-electron chi connectivity index (χ1n) is 11.2. The summed E-state index contributed by atoms with van der Waals surface area (Å²) < 4.78 is 0. The molecule has 180 valence electrons. The smallest absolute Gasteiger partial charge is 0.243 e. The van der Waals surface area contributed by atoms with Gasteiger partial charge in [-0.2, -0.15) is 0 Å². The maximum absolute atomic E-state index is 13.1. The van der Waals surface area contributed by atoms with E-state index < -0.39 is 6.04 Å². The van der Waals surface area contributed by atoms with Gasteiger partial charge in [0.25, 0.3) is 0 Å². The first-order valence-corrected chi connectivity index (χ1v) is 12.0. The summed E-state index contributed by atoms with van der Waals surface area (Å²) in [5.41, 5.74) is 1.58. The molecule has 0 aromatic heterocycles. The summed E-state index contributed by atoms with van der Waals surface area (Å²) in [6.45, 7) is 4.00. The molecular weight excluding hydrogens is 477 g/mol. The van der Waals surface area contributed by atoms with Gasteiger partial charge in [-0.05, 0) is 36.4 Å². The van der Waals surface area contributed by atoms with E-state index in [1.54, 1.807) is 24.3 Å². The van der Waals surface area contributed by atoms with Crippen LogP contribution in [0.1, 0.15) is 6.42 Å². The van der Waals surface area contributed by atoms with Crippen molar-refractivity contribution in [3.63, 3.8) is 0 Å². The quantitative estimate of drug-likeness (QED) is 0.632. The van der Waals surface area contributed by atoms with E-state index in [0.29, 0.717) is 28.8 Å². The van der Waals surface area contributed by atoms with Crippen molar-refractivity contribution < 1.29 is 14.4 Å². The van der Waals surface area contributed by atoms with Crippen LogP contribution in [-0.2, 0) is 14.4 Å². The van der Waals surface area contributed by atoms with Crippen molar-refractivity contribution in [2.75, 3.05) is 56.0 Å². The molecule has 2 aliphatic heterocycles. The van der Waals surface area contributed by atoms with E-state index in [0.717, 1.165) is 31.9 Å². The van der Waals surface area contributed by atoms with Gasteiger partial charge in [-0.25, -0.2) is 0 Å². The highest BCUT2D eigenvalue weighted by molar-refractivity contribution is 6.33. The summed E-state index contributed by atoms with van der Waals surface area (Å²) >= 11 is 12.1. The Kier molecular flexibility index (Phi) is 7.92. The molecular formula is C24H27Cl2N5O3. The number of hydrogen-bond acceptors (Lipinski definition) is 5. The Labute approximate surface area is 208 Å². The fourth-order valence-electron chi connectivity index (χ4n) is 4.25. The van der Waals surface area contributed by atoms with Crippen LogP contribution < -0.4 is 15.5 Å². The highest BCUT2D eigenvalue weighted by Gasteiger charge is 2.35. The second-order valence-corrected chi connectivity index (χ2v) is 9.21. The zero-order valence-corrected chi connectivity index (χ0v) is 20.2. The first kappa shape index (κ1) is 24.3. The van der Waals surface area contributed by atoms with E-state index >= 15 is 0 Å². The highest BCUT2D eigenvalue weighted by Crippen LogP contribution is 2.22. The van der Waals surface area contributed by atoms with Gasteiger partial charge < -0.3 is 20.4 Å². The molecule has 0 radical (unpaired) electrons. The summed E-state index contributed by atoms with van der Waals surface area (Å²) in [6.07, 6.45) is -0.132. The minimum atomic E-state index is -0.848. The number of nitrogens with one attached hydrogen (secondary N) is 2. The Morgan fingerprint density at radius 2 is 1.68 bits per heavy atom. The predicted octanol–water partition coefficient (Wildman–Crippen LogP) is 2.47. The van der Waals surface area contributed by atoms with E-state index in [4.69, 9.17) is 23.2 Å². The fraction of sp³-hybridized carbons (Fsp3) is 0.375. The lowest BCUT2D eigenvalue weighted by atomic mass is 10.1. The molecule has 3 amide bonds. The van der Waals surface area contributed by atoms with Gasteiger partial charge in [0.05, 0.1) is 23.7 Å².